The summed E-state index contributed by atoms with van der Waals surface area (Å²) in [6, 6.07) is 31.5. The minimum atomic E-state index is -1.88. The number of hydrogen-bond acceptors (Lipinski definition) is 3. The molecule has 0 fully saturated rings. The third kappa shape index (κ3) is 3.67. The fourth-order valence-corrected chi connectivity index (χ4v) is 11.1. The number of hydrogen-bond donors (Lipinski definition) is 0. The zero-order valence-electron chi connectivity index (χ0n) is 11.8. The van der Waals surface area contributed by atoms with Gasteiger partial charge in [0.25, 0.3) is 0 Å². The van der Waals surface area contributed by atoms with Gasteiger partial charge in [-0.3, -0.25) is 0 Å². The molecule has 0 aromatic heterocycles. The van der Waals surface area contributed by atoms with E-state index in [9.17, 15) is 0 Å². The van der Waals surface area contributed by atoms with E-state index in [1.54, 1.807) is 10.8 Å². The van der Waals surface area contributed by atoms with Crippen molar-refractivity contribution in [3.05, 3.63) is 91.0 Å². The van der Waals surface area contributed by atoms with E-state index in [1.165, 1.54) is 15.5 Å². The predicted octanol–water partition coefficient (Wildman–Crippen LogP) is 5.47. The van der Waals surface area contributed by atoms with Gasteiger partial charge in [0.1, 0.15) is 0 Å². The molecule has 0 spiro atoms. The summed E-state index contributed by atoms with van der Waals surface area (Å²) in [7, 11) is 3.60. The molecule has 0 unspecified atom stereocenters. The van der Waals surface area contributed by atoms with Gasteiger partial charge in [0.15, 0.2) is 0 Å². The van der Waals surface area contributed by atoms with E-state index in [0.29, 0.717) is 0 Å². The van der Waals surface area contributed by atoms with Crippen LogP contribution < -0.4 is 10.6 Å². The predicted molar refractivity (Wildman–Crippen MR) is 106 cm³/mol. The van der Waals surface area contributed by atoms with E-state index < -0.39 is 5.24 Å². The highest BCUT2D eigenvalue weighted by Gasteiger charge is 2.23. The largest absolute Gasteiger partial charge is 0.0751 e. The summed E-state index contributed by atoms with van der Waals surface area (Å²) in [6.07, 6.45) is 0. The van der Waals surface area contributed by atoms with Crippen LogP contribution in [-0.2, 0) is 11.8 Å². The molecule has 0 heterocycles. The van der Waals surface area contributed by atoms with Crippen LogP contribution in [0, 0.1) is 0 Å². The maximum atomic E-state index is 6.19. The van der Waals surface area contributed by atoms with Gasteiger partial charge >= 0.3 is 0 Å². The first kappa shape index (κ1) is 15.9. The van der Waals surface area contributed by atoms with Crippen molar-refractivity contribution >= 4 is 48.9 Å². The minimum Gasteiger partial charge on any atom is -0.0751 e. The van der Waals surface area contributed by atoms with Crippen LogP contribution in [0.4, 0.5) is 0 Å². The maximum Gasteiger partial charge on any atom is 0.0723 e. The van der Waals surface area contributed by atoms with Crippen molar-refractivity contribution < 1.29 is 0 Å². The normalized spacial score (nSPS) is 11.3. The highest BCUT2D eigenvalue weighted by atomic mass is 33.4. The van der Waals surface area contributed by atoms with Crippen molar-refractivity contribution in [2.24, 2.45) is 0 Å². The monoisotopic (exact) mass is 358 g/mol. The molecule has 0 saturated carbocycles. The minimum absolute atomic E-state index is 1.24. The fourth-order valence-electron chi connectivity index (χ4n) is 2.06. The van der Waals surface area contributed by atoms with E-state index in [1.807, 2.05) is 28.6 Å². The summed E-state index contributed by atoms with van der Waals surface area (Å²) in [6.45, 7) is 0. The quantitative estimate of drug-likeness (QED) is 0.438. The van der Waals surface area contributed by atoms with Crippen LogP contribution in [0.5, 0.6) is 0 Å². The molecule has 3 aromatic carbocycles. The maximum absolute atomic E-state index is 6.19. The molecule has 0 amide bonds. The molecular weight excluding hydrogens is 343 g/mol. The SMILES string of the molecule is S=P(SSc1ccccc1)(c1ccccc1)c1ccccc1. The van der Waals surface area contributed by atoms with Crippen molar-refractivity contribution in [2.45, 2.75) is 4.90 Å². The van der Waals surface area contributed by atoms with Crippen molar-refractivity contribution in [1.82, 2.24) is 0 Å². The lowest BCUT2D eigenvalue weighted by molar-refractivity contribution is 1.48. The second-order valence-electron chi connectivity index (χ2n) is 4.69. The van der Waals surface area contributed by atoms with Crippen LogP contribution in [0.25, 0.3) is 0 Å². The molecule has 0 N–H and O–H groups in total. The molecule has 0 saturated heterocycles. The summed E-state index contributed by atoms with van der Waals surface area (Å²) < 4.78 is 0. The molecule has 22 heavy (non-hydrogen) atoms. The topological polar surface area (TPSA) is 0 Å². The highest BCUT2D eigenvalue weighted by molar-refractivity contribution is 9.06. The number of benzene rings is 3. The summed E-state index contributed by atoms with van der Waals surface area (Å²) in [5.74, 6) is 0. The van der Waals surface area contributed by atoms with E-state index in [2.05, 4.69) is 72.8 Å². The van der Waals surface area contributed by atoms with Crippen LogP contribution in [0.2, 0.25) is 0 Å². The Balaban J connectivity index is 1.95. The molecule has 0 nitrogen and oxygen atoms in total. The molecule has 4 heteroatoms. The average Bonchev–Trinajstić information content (AvgIpc) is 2.62. The Morgan fingerprint density at radius 3 is 1.45 bits per heavy atom. The zero-order valence-corrected chi connectivity index (χ0v) is 15.2. The van der Waals surface area contributed by atoms with Crippen molar-refractivity contribution in [2.75, 3.05) is 0 Å². The second kappa shape index (κ2) is 7.52. The first-order valence-corrected chi connectivity index (χ1v) is 12.5. The van der Waals surface area contributed by atoms with Gasteiger partial charge in [0.2, 0.25) is 0 Å². The molecular formula is C18H15PS3. The van der Waals surface area contributed by atoms with E-state index >= 15 is 0 Å². The fraction of sp³-hybridized carbons (Fsp3) is 0. The summed E-state index contributed by atoms with van der Waals surface area (Å²) >= 11 is 6.19. The van der Waals surface area contributed by atoms with Crippen LogP contribution in [0.3, 0.4) is 0 Å². The summed E-state index contributed by atoms with van der Waals surface area (Å²) in [4.78, 5) is 1.24. The standard InChI is InChI=1S/C18H15PS3/c20-19(16-10-4-1-5-11-16,17-12-6-2-7-13-17)22-21-18-14-8-3-9-15-18/h1-15H. The van der Waals surface area contributed by atoms with Crippen LogP contribution in [0.1, 0.15) is 0 Å². The van der Waals surface area contributed by atoms with Gasteiger partial charge in [-0.15, -0.1) is 0 Å². The lowest BCUT2D eigenvalue weighted by Gasteiger charge is -2.21. The molecule has 0 atom stereocenters. The van der Waals surface area contributed by atoms with Crippen LogP contribution in [0.15, 0.2) is 95.9 Å². The lowest BCUT2D eigenvalue weighted by Crippen LogP contribution is -2.12. The smallest absolute Gasteiger partial charge is 0.0723 e. The van der Waals surface area contributed by atoms with Gasteiger partial charge in [0, 0.05) is 4.90 Å². The molecule has 3 aromatic rings. The van der Waals surface area contributed by atoms with E-state index in [4.69, 9.17) is 11.8 Å². The molecule has 110 valence electrons. The molecule has 0 aliphatic heterocycles. The van der Waals surface area contributed by atoms with Crippen LogP contribution in [-0.4, -0.2) is 0 Å². The van der Waals surface area contributed by atoms with Crippen molar-refractivity contribution in [1.29, 1.82) is 0 Å². The van der Waals surface area contributed by atoms with Gasteiger partial charge < -0.3 is 0 Å². The Hall–Kier alpha value is -0.990. The van der Waals surface area contributed by atoms with Crippen LogP contribution >= 0.6 is 26.4 Å². The number of rotatable bonds is 5. The molecule has 0 aliphatic carbocycles. The first-order chi connectivity index (χ1) is 10.8. The van der Waals surface area contributed by atoms with Gasteiger partial charge in [-0.2, -0.15) is 0 Å². The Morgan fingerprint density at radius 2 is 1.00 bits per heavy atom. The van der Waals surface area contributed by atoms with Gasteiger partial charge in [-0.1, -0.05) is 101 Å². The van der Waals surface area contributed by atoms with Gasteiger partial charge in [-0.25, -0.2) is 0 Å². The third-order valence-electron chi connectivity index (χ3n) is 3.17. The molecule has 3 rings (SSSR count). The Labute approximate surface area is 144 Å². The van der Waals surface area contributed by atoms with E-state index in [-0.39, 0.29) is 0 Å². The average molecular weight is 358 g/mol. The highest BCUT2D eigenvalue weighted by Crippen LogP contribution is 2.63. The molecule has 0 bridgehead atoms. The van der Waals surface area contributed by atoms with Crippen molar-refractivity contribution in [3.63, 3.8) is 0 Å². The zero-order chi connectivity index (χ0) is 15.3. The Kier molecular flexibility index (Phi) is 5.43. The second-order valence-corrected chi connectivity index (χ2v) is 13.9. The lowest BCUT2D eigenvalue weighted by atomic mass is 10.4. The first-order valence-electron chi connectivity index (χ1n) is 6.92. The van der Waals surface area contributed by atoms with Gasteiger partial charge in [0.05, 0.1) is 5.24 Å². The summed E-state index contributed by atoms with van der Waals surface area (Å²) in [5.41, 5.74) is 0. The third-order valence-corrected chi connectivity index (χ3v) is 14.0. The van der Waals surface area contributed by atoms with Gasteiger partial charge in [-0.05, 0) is 33.2 Å². The Morgan fingerprint density at radius 1 is 0.591 bits per heavy atom. The Bertz CT molecular complexity index is 715. The summed E-state index contributed by atoms with van der Waals surface area (Å²) in [5, 5.41) is 0.632. The van der Waals surface area contributed by atoms with Crippen molar-refractivity contribution in [3.8, 4) is 0 Å². The molecule has 0 aliphatic rings. The van der Waals surface area contributed by atoms with E-state index in [0.717, 1.165) is 0 Å². The molecule has 0 radical (unpaired) electrons.